The average molecular weight is 389 g/mol. The number of amides is 1. The highest BCUT2D eigenvalue weighted by molar-refractivity contribution is 9.10. The molecule has 0 spiro atoms. The molecule has 1 amide bonds. The minimum Gasteiger partial charge on any atom is -0.367 e. The van der Waals surface area contributed by atoms with E-state index in [1.165, 1.54) is 0 Å². The van der Waals surface area contributed by atoms with Gasteiger partial charge in [-0.15, -0.1) is 0 Å². The second kappa shape index (κ2) is 7.77. The van der Waals surface area contributed by atoms with Crippen molar-refractivity contribution in [1.82, 2.24) is 9.88 Å². The molecule has 1 aromatic heterocycles. The third-order valence-electron chi connectivity index (χ3n) is 4.21. The standard InChI is InChI=1S/C18H21BrN4O/c1-23-11-8-15(9-12-23)21-17-16(3-2-10-20-17)18(24)22-14-6-4-13(19)5-7-14/h2-7,10,15H,8-9,11-12H2,1H3,(H,20,21)(H,22,24). The monoisotopic (exact) mass is 388 g/mol. The predicted octanol–water partition coefficient (Wildman–Crippen LogP) is 3.60. The summed E-state index contributed by atoms with van der Waals surface area (Å²) in [7, 11) is 2.13. The fraction of sp³-hybridized carbons (Fsp3) is 0.333. The molecule has 0 atom stereocenters. The largest absolute Gasteiger partial charge is 0.367 e. The smallest absolute Gasteiger partial charge is 0.259 e. The van der Waals surface area contributed by atoms with Crippen molar-refractivity contribution < 1.29 is 4.79 Å². The highest BCUT2D eigenvalue weighted by Gasteiger charge is 2.19. The van der Waals surface area contributed by atoms with Gasteiger partial charge in [-0.05, 0) is 69.4 Å². The van der Waals surface area contributed by atoms with Gasteiger partial charge in [-0.25, -0.2) is 4.98 Å². The topological polar surface area (TPSA) is 57.3 Å². The number of hydrogen-bond donors (Lipinski definition) is 2. The second-order valence-corrected chi connectivity index (χ2v) is 7.00. The van der Waals surface area contributed by atoms with E-state index in [0.29, 0.717) is 17.4 Å². The van der Waals surface area contributed by atoms with E-state index in [2.05, 4.69) is 43.5 Å². The summed E-state index contributed by atoms with van der Waals surface area (Å²) in [5, 5.41) is 6.36. The zero-order chi connectivity index (χ0) is 16.9. The van der Waals surface area contributed by atoms with Crippen LogP contribution in [0.2, 0.25) is 0 Å². The Morgan fingerprint density at radius 2 is 1.92 bits per heavy atom. The number of piperidine rings is 1. The molecular formula is C18H21BrN4O. The molecule has 1 saturated heterocycles. The molecule has 1 fully saturated rings. The molecule has 2 heterocycles. The first-order chi connectivity index (χ1) is 11.6. The highest BCUT2D eigenvalue weighted by Crippen LogP contribution is 2.20. The third-order valence-corrected chi connectivity index (χ3v) is 4.74. The average Bonchev–Trinajstić information content (AvgIpc) is 2.59. The van der Waals surface area contributed by atoms with E-state index >= 15 is 0 Å². The van der Waals surface area contributed by atoms with E-state index in [-0.39, 0.29) is 5.91 Å². The molecule has 2 N–H and O–H groups in total. The Kier molecular flexibility index (Phi) is 5.48. The molecule has 126 valence electrons. The van der Waals surface area contributed by atoms with Crippen molar-refractivity contribution >= 4 is 33.3 Å². The van der Waals surface area contributed by atoms with Crippen molar-refractivity contribution in [2.24, 2.45) is 0 Å². The van der Waals surface area contributed by atoms with Gasteiger partial charge >= 0.3 is 0 Å². The van der Waals surface area contributed by atoms with E-state index in [4.69, 9.17) is 0 Å². The van der Waals surface area contributed by atoms with Gasteiger partial charge in [-0.3, -0.25) is 4.79 Å². The Balaban J connectivity index is 1.71. The summed E-state index contributed by atoms with van der Waals surface area (Å²) in [6.07, 6.45) is 3.83. The molecule has 24 heavy (non-hydrogen) atoms. The first-order valence-corrected chi connectivity index (χ1v) is 8.88. The number of nitrogens with one attached hydrogen (secondary N) is 2. The number of aromatic nitrogens is 1. The summed E-state index contributed by atoms with van der Waals surface area (Å²) in [4.78, 5) is 19.3. The van der Waals surface area contributed by atoms with Crippen LogP contribution in [-0.2, 0) is 0 Å². The highest BCUT2D eigenvalue weighted by atomic mass is 79.9. The van der Waals surface area contributed by atoms with Gasteiger partial charge in [0.05, 0.1) is 5.56 Å². The van der Waals surface area contributed by atoms with Crippen LogP contribution in [0.1, 0.15) is 23.2 Å². The summed E-state index contributed by atoms with van der Waals surface area (Å²) in [6.45, 7) is 2.12. The normalized spacial score (nSPS) is 15.9. The lowest BCUT2D eigenvalue weighted by Crippen LogP contribution is -2.37. The predicted molar refractivity (Wildman–Crippen MR) is 100 cm³/mol. The number of carbonyl (C=O) groups is 1. The van der Waals surface area contributed by atoms with Crippen LogP contribution in [0.5, 0.6) is 0 Å². The van der Waals surface area contributed by atoms with E-state index in [0.717, 1.165) is 36.1 Å². The van der Waals surface area contributed by atoms with Crippen molar-refractivity contribution in [1.29, 1.82) is 0 Å². The second-order valence-electron chi connectivity index (χ2n) is 6.08. The van der Waals surface area contributed by atoms with Crippen molar-refractivity contribution in [3.8, 4) is 0 Å². The van der Waals surface area contributed by atoms with Crippen LogP contribution in [-0.4, -0.2) is 42.0 Å². The lowest BCUT2D eigenvalue weighted by atomic mass is 10.1. The summed E-state index contributed by atoms with van der Waals surface area (Å²) < 4.78 is 0.978. The molecule has 1 aliphatic rings. The summed E-state index contributed by atoms with van der Waals surface area (Å²) >= 11 is 3.39. The van der Waals surface area contributed by atoms with Gasteiger partial charge in [-0.2, -0.15) is 0 Å². The molecule has 5 nitrogen and oxygen atoms in total. The van der Waals surface area contributed by atoms with Gasteiger partial charge in [0.2, 0.25) is 0 Å². The molecule has 0 bridgehead atoms. The van der Waals surface area contributed by atoms with E-state index in [1.807, 2.05) is 24.3 Å². The molecule has 0 radical (unpaired) electrons. The molecular weight excluding hydrogens is 368 g/mol. The van der Waals surface area contributed by atoms with Crippen molar-refractivity contribution in [2.75, 3.05) is 30.8 Å². The number of benzene rings is 1. The lowest BCUT2D eigenvalue weighted by molar-refractivity contribution is 0.102. The maximum Gasteiger partial charge on any atom is 0.259 e. The van der Waals surface area contributed by atoms with Gasteiger partial charge < -0.3 is 15.5 Å². The first-order valence-electron chi connectivity index (χ1n) is 8.09. The van der Waals surface area contributed by atoms with Gasteiger partial charge in [0.15, 0.2) is 0 Å². The Bertz CT molecular complexity index is 696. The Morgan fingerprint density at radius 3 is 2.62 bits per heavy atom. The van der Waals surface area contributed by atoms with Crippen LogP contribution in [0, 0.1) is 0 Å². The number of rotatable bonds is 4. The number of halogens is 1. The fourth-order valence-corrected chi connectivity index (χ4v) is 3.05. The van der Waals surface area contributed by atoms with Crippen LogP contribution >= 0.6 is 15.9 Å². The molecule has 1 aliphatic heterocycles. The van der Waals surface area contributed by atoms with E-state index in [1.54, 1.807) is 18.3 Å². The molecule has 0 aliphatic carbocycles. The molecule has 0 unspecified atom stereocenters. The molecule has 0 saturated carbocycles. The third kappa shape index (κ3) is 4.33. The first kappa shape index (κ1) is 16.9. The Hall–Kier alpha value is -1.92. The van der Waals surface area contributed by atoms with Crippen LogP contribution in [0.25, 0.3) is 0 Å². The number of likely N-dealkylation sites (tertiary alicyclic amines) is 1. The maximum atomic E-state index is 12.6. The quantitative estimate of drug-likeness (QED) is 0.839. The minimum absolute atomic E-state index is 0.152. The number of carbonyl (C=O) groups excluding carboxylic acids is 1. The molecule has 2 aromatic rings. The van der Waals surface area contributed by atoms with Crippen molar-refractivity contribution in [2.45, 2.75) is 18.9 Å². The summed E-state index contributed by atoms with van der Waals surface area (Å²) in [5.41, 5.74) is 1.33. The molecule has 3 rings (SSSR count). The summed E-state index contributed by atoms with van der Waals surface area (Å²) in [5.74, 6) is 0.502. The fourth-order valence-electron chi connectivity index (χ4n) is 2.78. The maximum absolute atomic E-state index is 12.6. The van der Waals surface area contributed by atoms with E-state index in [9.17, 15) is 4.79 Å². The Labute approximate surface area is 150 Å². The zero-order valence-electron chi connectivity index (χ0n) is 13.6. The molecule has 6 heteroatoms. The number of hydrogen-bond acceptors (Lipinski definition) is 4. The van der Waals surface area contributed by atoms with Gasteiger partial charge in [0.1, 0.15) is 5.82 Å². The van der Waals surface area contributed by atoms with E-state index < -0.39 is 0 Å². The van der Waals surface area contributed by atoms with Crippen LogP contribution in [0.3, 0.4) is 0 Å². The van der Waals surface area contributed by atoms with Gasteiger partial charge in [0, 0.05) is 22.4 Å². The zero-order valence-corrected chi connectivity index (χ0v) is 15.2. The summed E-state index contributed by atoms with van der Waals surface area (Å²) in [6, 6.07) is 11.5. The van der Waals surface area contributed by atoms with Crippen molar-refractivity contribution in [3.05, 3.63) is 52.6 Å². The Morgan fingerprint density at radius 1 is 1.21 bits per heavy atom. The molecule has 1 aromatic carbocycles. The van der Waals surface area contributed by atoms with Crippen LogP contribution in [0.15, 0.2) is 47.1 Å². The number of anilines is 2. The van der Waals surface area contributed by atoms with Crippen LogP contribution in [0.4, 0.5) is 11.5 Å². The lowest BCUT2D eigenvalue weighted by Gasteiger charge is -2.30. The van der Waals surface area contributed by atoms with Crippen molar-refractivity contribution in [3.63, 3.8) is 0 Å². The minimum atomic E-state index is -0.152. The SMILES string of the molecule is CN1CCC(Nc2ncccc2C(=O)Nc2ccc(Br)cc2)CC1. The number of pyridine rings is 1. The van der Waals surface area contributed by atoms with Crippen LogP contribution < -0.4 is 10.6 Å². The van der Waals surface area contributed by atoms with Gasteiger partial charge in [0.25, 0.3) is 5.91 Å². The van der Waals surface area contributed by atoms with Gasteiger partial charge in [-0.1, -0.05) is 15.9 Å². The number of nitrogens with zero attached hydrogens (tertiary/aromatic N) is 2.